The van der Waals surface area contributed by atoms with Crippen LogP contribution in [-0.4, -0.2) is 59.8 Å². The molecule has 0 aromatic heterocycles. The highest BCUT2D eigenvalue weighted by Gasteiger charge is 2.19. The van der Waals surface area contributed by atoms with Crippen molar-refractivity contribution in [2.45, 2.75) is 26.3 Å². The minimum Gasteiger partial charge on any atom is -0.395 e. The van der Waals surface area contributed by atoms with Crippen LogP contribution in [0.15, 0.2) is 0 Å². The molecule has 0 aliphatic heterocycles. The summed E-state index contributed by atoms with van der Waals surface area (Å²) in [5.41, 5.74) is 0. The van der Waals surface area contributed by atoms with Crippen molar-refractivity contribution < 1.29 is 23.2 Å². The average Bonchev–Trinajstić information content (AvgIpc) is 2.14. The van der Waals surface area contributed by atoms with Gasteiger partial charge >= 0.3 is 0 Å². The molecule has 1 unspecified atom stereocenters. The summed E-state index contributed by atoms with van der Waals surface area (Å²) in [6.07, 6.45) is 0.655. The van der Waals surface area contributed by atoms with E-state index in [0.29, 0.717) is 12.3 Å². The molecule has 0 saturated heterocycles. The van der Waals surface area contributed by atoms with Crippen molar-refractivity contribution in [3.63, 3.8) is 0 Å². The van der Waals surface area contributed by atoms with E-state index in [1.54, 1.807) is 0 Å². The molecule has 0 amide bonds. The Morgan fingerprint density at radius 3 is 2.12 bits per heavy atom. The Kier molecular flexibility index (Phi) is 7.09. The largest absolute Gasteiger partial charge is 0.395 e. The molecule has 0 heterocycles. The van der Waals surface area contributed by atoms with E-state index in [2.05, 4.69) is 0 Å². The van der Waals surface area contributed by atoms with E-state index >= 15 is 0 Å². The summed E-state index contributed by atoms with van der Waals surface area (Å²) in [7, 11) is -4.03. The Labute approximate surface area is 96.6 Å². The van der Waals surface area contributed by atoms with Crippen LogP contribution in [0.2, 0.25) is 0 Å². The van der Waals surface area contributed by atoms with Gasteiger partial charge in [-0.25, -0.2) is 0 Å². The zero-order valence-electron chi connectivity index (χ0n) is 9.70. The number of hydrogen-bond acceptors (Lipinski definition) is 5. The molecule has 0 aromatic carbocycles. The van der Waals surface area contributed by atoms with Gasteiger partial charge in [0.1, 0.15) is 0 Å². The smallest absolute Gasteiger partial charge is 0.266 e. The first-order chi connectivity index (χ1) is 7.30. The lowest BCUT2D eigenvalue weighted by Crippen LogP contribution is -2.42. The maximum Gasteiger partial charge on any atom is 0.266 e. The van der Waals surface area contributed by atoms with Crippen LogP contribution in [0.25, 0.3) is 0 Å². The van der Waals surface area contributed by atoms with E-state index in [9.17, 15) is 8.42 Å². The van der Waals surface area contributed by atoms with E-state index < -0.39 is 15.9 Å². The maximum atomic E-state index is 10.6. The summed E-state index contributed by atoms with van der Waals surface area (Å²) in [6, 6.07) is -0.285. The summed E-state index contributed by atoms with van der Waals surface area (Å²) in [5.74, 6) is -0.112. The monoisotopic (exact) mass is 255 g/mol. The SMILES string of the molecule is CC(C)CC(CO)N(CO)CCS(=O)(=O)O. The summed E-state index contributed by atoms with van der Waals surface area (Å²) in [5, 5.41) is 18.2. The molecule has 0 aliphatic rings. The second-order valence-corrected chi connectivity index (χ2v) is 5.78. The van der Waals surface area contributed by atoms with Crippen molar-refractivity contribution in [1.82, 2.24) is 4.90 Å². The lowest BCUT2D eigenvalue weighted by Gasteiger charge is -2.29. The Hall–Kier alpha value is -0.210. The molecule has 0 saturated carbocycles. The first-order valence-corrected chi connectivity index (χ1v) is 6.82. The van der Waals surface area contributed by atoms with Crippen LogP contribution in [0.4, 0.5) is 0 Å². The minimum atomic E-state index is -4.03. The molecule has 0 bridgehead atoms. The van der Waals surface area contributed by atoms with Gasteiger partial charge in [-0.05, 0) is 12.3 Å². The second-order valence-electron chi connectivity index (χ2n) is 4.21. The fraction of sp³-hybridized carbons (Fsp3) is 1.00. The number of hydrogen-bond donors (Lipinski definition) is 3. The van der Waals surface area contributed by atoms with Gasteiger partial charge in [0, 0.05) is 12.6 Å². The fourth-order valence-corrected chi connectivity index (χ4v) is 1.95. The predicted molar refractivity (Wildman–Crippen MR) is 60.5 cm³/mol. The molecule has 16 heavy (non-hydrogen) atoms. The number of nitrogens with zero attached hydrogens (tertiary/aromatic N) is 1. The topological polar surface area (TPSA) is 98.1 Å². The van der Waals surface area contributed by atoms with Crippen molar-refractivity contribution in [2.75, 3.05) is 25.6 Å². The molecule has 0 fully saturated rings. The van der Waals surface area contributed by atoms with Crippen molar-refractivity contribution >= 4 is 10.1 Å². The van der Waals surface area contributed by atoms with Gasteiger partial charge in [0.2, 0.25) is 0 Å². The summed E-state index contributed by atoms with van der Waals surface area (Å²) in [4.78, 5) is 1.44. The van der Waals surface area contributed by atoms with Gasteiger partial charge in [-0.2, -0.15) is 8.42 Å². The second kappa shape index (κ2) is 7.18. The number of aliphatic hydroxyl groups is 2. The van der Waals surface area contributed by atoms with Crippen molar-refractivity contribution in [3.8, 4) is 0 Å². The fourth-order valence-electron chi connectivity index (χ4n) is 1.48. The van der Waals surface area contributed by atoms with Gasteiger partial charge in [-0.15, -0.1) is 0 Å². The number of rotatable bonds is 8. The molecular formula is C9H21NO5S. The Bertz CT molecular complexity index is 278. The maximum absolute atomic E-state index is 10.6. The Balaban J connectivity index is 4.33. The third-order valence-corrected chi connectivity index (χ3v) is 2.99. The molecule has 0 rings (SSSR count). The molecule has 7 heteroatoms. The Morgan fingerprint density at radius 1 is 1.25 bits per heavy atom. The highest BCUT2D eigenvalue weighted by atomic mass is 32.2. The van der Waals surface area contributed by atoms with Crippen LogP contribution in [0.1, 0.15) is 20.3 Å². The summed E-state index contributed by atoms with van der Waals surface area (Å²) in [6.45, 7) is 3.47. The standard InChI is InChI=1S/C9H21NO5S/c1-8(2)5-9(6-11)10(7-12)3-4-16(13,14)15/h8-9,11-12H,3-7H2,1-2H3,(H,13,14,15). The van der Waals surface area contributed by atoms with Crippen molar-refractivity contribution in [2.24, 2.45) is 5.92 Å². The van der Waals surface area contributed by atoms with Gasteiger partial charge < -0.3 is 10.2 Å². The van der Waals surface area contributed by atoms with Gasteiger partial charge in [0.25, 0.3) is 10.1 Å². The first-order valence-electron chi connectivity index (χ1n) is 5.21. The van der Waals surface area contributed by atoms with Crippen LogP contribution in [0.3, 0.4) is 0 Å². The third kappa shape index (κ3) is 7.13. The first kappa shape index (κ1) is 15.8. The molecule has 0 aliphatic carbocycles. The molecular weight excluding hydrogens is 234 g/mol. The van der Waals surface area contributed by atoms with Crippen LogP contribution in [0.5, 0.6) is 0 Å². The minimum absolute atomic E-state index is 0.00722. The van der Waals surface area contributed by atoms with Crippen molar-refractivity contribution in [1.29, 1.82) is 0 Å². The normalized spacial score (nSPS) is 14.7. The van der Waals surface area contributed by atoms with Crippen LogP contribution >= 0.6 is 0 Å². The highest BCUT2D eigenvalue weighted by Crippen LogP contribution is 2.10. The molecule has 0 spiro atoms. The molecule has 0 radical (unpaired) electrons. The van der Waals surface area contributed by atoms with Crippen LogP contribution < -0.4 is 0 Å². The molecule has 1 atom stereocenters. The quantitative estimate of drug-likeness (QED) is 0.401. The van der Waals surface area contributed by atoms with Gasteiger partial charge in [-0.1, -0.05) is 13.8 Å². The van der Waals surface area contributed by atoms with E-state index in [4.69, 9.17) is 14.8 Å². The Morgan fingerprint density at radius 2 is 1.81 bits per heavy atom. The molecule has 98 valence electrons. The van der Waals surface area contributed by atoms with Crippen molar-refractivity contribution in [3.05, 3.63) is 0 Å². The number of aliphatic hydroxyl groups excluding tert-OH is 2. The van der Waals surface area contributed by atoms with Gasteiger partial charge in [-0.3, -0.25) is 9.45 Å². The van der Waals surface area contributed by atoms with E-state index in [1.807, 2.05) is 13.8 Å². The summed E-state index contributed by atoms with van der Waals surface area (Å²) >= 11 is 0. The third-order valence-electron chi connectivity index (χ3n) is 2.29. The molecule has 3 N–H and O–H groups in total. The lowest BCUT2D eigenvalue weighted by atomic mass is 10.0. The van der Waals surface area contributed by atoms with E-state index in [-0.39, 0.29) is 25.9 Å². The zero-order chi connectivity index (χ0) is 12.8. The summed E-state index contributed by atoms with van der Waals surface area (Å²) < 4.78 is 29.7. The average molecular weight is 255 g/mol. The van der Waals surface area contributed by atoms with Gasteiger partial charge in [0.05, 0.1) is 19.1 Å². The molecule has 0 aromatic rings. The van der Waals surface area contributed by atoms with Gasteiger partial charge in [0.15, 0.2) is 0 Å². The van der Waals surface area contributed by atoms with Crippen LogP contribution in [0, 0.1) is 5.92 Å². The van der Waals surface area contributed by atoms with E-state index in [0.717, 1.165) is 0 Å². The van der Waals surface area contributed by atoms with E-state index in [1.165, 1.54) is 4.90 Å². The predicted octanol–water partition coefficient (Wildman–Crippen LogP) is -0.467. The highest BCUT2D eigenvalue weighted by molar-refractivity contribution is 7.85. The zero-order valence-corrected chi connectivity index (χ0v) is 10.5. The lowest BCUT2D eigenvalue weighted by molar-refractivity contribution is 0.0358. The molecule has 6 nitrogen and oxygen atoms in total. The van der Waals surface area contributed by atoms with Crippen LogP contribution in [-0.2, 0) is 10.1 Å².